The molecule has 1 nitrogen and oxygen atoms in total. The zero-order chi connectivity index (χ0) is 39.1. The molecule has 4 saturated carbocycles. The van der Waals surface area contributed by atoms with Crippen LogP contribution in [0.25, 0.3) is 33.4 Å². The summed E-state index contributed by atoms with van der Waals surface area (Å²) in [5.74, 6) is 3.49. The van der Waals surface area contributed by atoms with Crippen molar-refractivity contribution in [1.82, 2.24) is 0 Å². The van der Waals surface area contributed by atoms with E-state index in [9.17, 15) is 0 Å². The van der Waals surface area contributed by atoms with Gasteiger partial charge in [-0.2, -0.15) is 0 Å². The van der Waals surface area contributed by atoms with Crippen LogP contribution in [0.2, 0.25) is 0 Å². The Morgan fingerprint density at radius 2 is 1.05 bits per heavy atom. The van der Waals surface area contributed by atoms with Crippen LogP contribution in [0.4, 0.5) is 17.1 Å². The van der Waals surface area contributed by atoms with Crippen molar-refractivity contribution >= 4 is 17.1 Å². The molecule has 0 N–H and O–H groups in total. The van der Waals surface area contributed by atoms with Crippen LogP contribution < -0.4 is 4.90 Å². The minimum absolute atomic E-state index is 0.0778. The highest BCUT2D eigenvalue weighted by Gasteiger charge is 2.84. The van der Waals surface area contributed by atoms with Crippen molar-refractivity contribution in [3.05, 3.63) is 161 Å². The van der Waals surface area contributed by atoms with Gasteiger partial charge in [0.15, 0.2) is 0 Å². The van der Waals surface area contributed by atoms with Gasteiger partial charge < -0.3 is 4.90 Å². The van der Waals surface area contributed by atoms with Crippen molar-refractivity contribution in [3.63, 3.8) is 0 Å². The summed E-state index contributed by atoms with van der Waals surface area (Å²) in [5, 5.41) is 0. The van der Waals surface area contributed by atoms with E-state index in [4.69, 9.17) is 0 Å². The Morgan fingerprint density at radius 1 is 0.448 bits per heavy atom. The molecule has 6 atom stereocenters. The molecule has 1 heteroatoms. The van der Waals surface area contributed by atoms with Crippen LogP contribution in [0, 0.1) is 29.1 Å². The summed E-state index contributed by atoms with van der Waals surface area (Å²) < 4.78 is 0. The molecule has 0 aromatic heterocycles. The zero-order valence-corrected chi connectivity index (χ0v) is 35.1. The van der Waals surface area contributed by atoms with Gasteiger partial charge in [-0.05, 0) is 182 Å². The van der Waals surface area contributed by atoms with Crippen molar-refractivity contribution in [1.29, 1.82) is 0 Å². The lowest BCUT2D eigenvalue weighted by atomic mass is 9.27. The molecule has 2 spiro atoms. The predicted molar refractivity (Wildman–Crippen MR) is 240 cm³/mol. The van der Waals surface area contributed by atoms with E-state index < -0.39 is 0 Å². The second kappa shape index (κ2) is 10.8. The Labute approximate surface area is 345 Å². The van der Waals surface area contributed by atoms with E-state index in [1.807, 2.05) is 0 Å². The normalized spacial score (nSPS) is 29.7. The van der Waals surface area contributed by atoms with Crippen LogP contribution in [-0.2, 0) is 21.7 Å². The predicted octanol–water partition coefficient (Wildman–Crippen LogP) is 14.8. The van der Waals surface area contributed by atoms with E-state index in [1.54, 1.807) is 11.1 Å². The number of hydrogen-bond acceptors (Lipinski definition) is 1. The van der Waals surface area contributed by atoms with Crippen molar-refractivity contribution in [2.75, 3.05) is 4.90 Å². The van der Waals surface area contributed by atoms with Crippen LogP contribution >= 0.6 is 0 Å². The zero-order valence-electron chi connectivity index (χ0n) is 35.1. The quantitative estimate of drug-likeness (QED) is 0.173. The fraction of sp³-hybridized carbons (Fsp3) is 0.368. The molecule has 13 rings (SSSR count). The Kier molecular flexibility index (Phi) is 6.36. The maximum Gasteiger partial charge on any atom is 0.0467 e. The summed E-state index contributed by atoms with van der Waals surface area (Å²) in [7, 11) is 0. The van der Waals surface area contributed by atoms with Crippen molar-refractivity contribution in [2.24, 2.45) is 29.1 Å². The standard InChI is InChI=1S/C57H55N/c1-53(2)24-25-54(3,4)50-29-36(18-23-47(50)53)35-12-11-13-38(28-35)58(39-19-21-43-41-14-7-9-16-45(41)55(5,6)48(43)31-39)40-20-22-44-42-15-8-10-17-46(42)57(49(44)32-40)51-27-34-26-37-30-52(57)56(37,51)33-34/h7-23,28-29,31-32,34,37,51-52H,24-27,30,33H2,1-6H3. The third-order valence-electron chi connectivity index (χ3n) is 18.0. The number of anilines is 3. The van der Waals surface area contributed by atoms with Gasteiger partial charge in [0, 0.05) is 27.9 Å². The lowest BCUT2D eigenvalue weighted by Crippen LogP contribution is -2.73. The molecule has 6 unspecified atom stereocenters. The Bertz CT molecular complexity index is 2780. The second-order valence-corrected chi connectivity index (χ2v) is 21.7. The summed E-state index contributed by atoms with van der Waals surface area (Å²) >= 11 is 0. The fourth-order valence-corrected chi connectivity index (χ4v) is 15.3. The number of hydrogen-bond donors (Lipinski definition) is 0. The van der Waals surface area contributed by atoms with Crippen LogP contribution in [0.5, 0.6) is 0 Å². The molecule has 0 aliphatic heterocycles. The van der Waals surface area contributed by atoms with Gasteiger partial charge >= 0.3 is 0 Å². The van der Waals surface area contributed by atoms with Gasteiger partial charge in [0.2, 0.25) is 0 Å². The third kappa shape index (κ3) is 3.96. The van der Waals surface area contributed by atoms with Crippen LogP contribution in [0.1, 0.15) is 113 Å². The monoisotopic (exact) mass is 753 g/mol. The molecule has 2 bridgehead atoms. The largest absolute Gasteiger partial charge is 0.310 e. The smallest absolute Gasteiger partial charge is 0.0467 e. The van der Waals surface area contributed by atoms with E-state index >= 15 is 0 Å². The van der Waals surface area contributed by atoms with E-state index in [-0.39, 0.29) is 21.7 Å². The molecule has 0 saturated heterocycles. The lowest BCUT2D eigenvalue weighted by Gasteiger charge is -2.76. The van der Waals surface area contributed by atoms with Gasteiger partial charge in [-0.15, -0.1) is 0 Å². The molecule has 0 amide bonds. The molecular weight excluding hydrogens is 699 g/mol. The highest BCUT2D eigenvalue weighted by molar-refractivity contribution is 5.90. The van der Waals surface area contributed by atoms with Crippen LogP contribution in [-0.4, -0.2) is 0 Å². The van der Waals surface area contributed by atoms with Gasteiger partial charge in [0.25, 0.3) is 0 Å². The highest BCUT2D eigenvalue weighted by Crippen LogP contribution is 2.89. The molecular formula is C57H55N. The van der Waals surface area contributed by atoms with Crippen molar-refractivity contribution < 1.29 is 0 Å². The SMILES string of the molecule is CC1(C)CCC(C)(C)c2cc(-c3cccc(N(c4ccc5c(c4)C(C)(C)c4ccccc4-5)c4ccc5c(c4)C4(c6ccccc6-5)C5CC6CC7CC4C75C6)c3)ccc21. The first-order chi connectivity index (χ1) is 27.9. The molecule has 0 radical (unpaired) electrons. The molecule has 58 heavy (non-hydrogen) atoms. The highest BCUT2D eigenvalue weighted by atomic mass is 15.1. The first-order valence-electron chi connectivity index (χ1n) is 22.5. The van der Waals surface area contributed by atoms with E-state index in [2.05, 4.69) is 174 Å². The van der Waals surface area contributed by atoms with E-state index in [1.165, 1.54) is 111 Å². The number of rotatable bonds is 4. The summed E-state index contributed by atoms with van der Waals surface area (Å²) in [6.45, 7) is 14.6. The summed E-state index contributed by atoms with van der Waals surface area (Å²) in [5.41, 5.74) is 22.3. The number of benzene rings is 6. The van der Waals surface area contributed by atoms with Crippen LogP contribution in [0.3, 0.4) is 0 Å². The average molecular weight is 754 g/mol. The summed E-state index contributed by atoms with van der Waals surface area (Å²) in [6, 6.07) is 50.4. The van der Waals surface area contributed by atoms with Crippen molar-refractivity contribution in [3.8, 4) is 33.4 Å². The van der Waals surface area contributed by atoms with Gasteiger partial charge in [0.1, 0.15) is 0 Å². The van der Waals surface area contributed by atoms with Crippen molar-refractivity contribution in [2.45, 2.75) is 102 Å². The Hall–Kier alpha value is -4.88. The maximum absolute atomic E-state index is 2.67. The molecule has 6 aromatic carbocycles. The minimum atomic E-state index is -0.0778. The van der Waals surface area contributed by atoms with Gasteiger partial charge in [-0.25, -0.2) is 0 Å². The Morgan fingerprint density at radius 3 is 1.81 bits per heavy atom. The number of fused-ring (bicyclic) bond motifs is 12. The lowest BCUT2D eigenvalue weighted by molar-refractivity contribution is -0.231. The molecule has 7 aliphatic rings. The average Bonchev–Trinajstić information content (AvgIpc) is 3.92. The van der Waals surface area contributed by atoms with Gasteiger partial charge in [-0.3, -0.25) is 0 Å². The van der Waals surface area contributed by atoms with Gasteiger partial charge in [0.05, 0.1) is 0 Å². The topological polar surface area (TPSA) is 3.24 Å². The minimum Gasteiger partial charge on any atom is -0.310 e. The fourth-order valence-electron chi connectivity index (χ4n) is 15.3. The first-order valence-corrected chi connectivity index (χ1v) is 22.5. The first kappa shape index (κ1) is 34.0. The van der Waals surface area contributed by atoms with E-state index in [0.717, 1.165) is 23.7 Å². The van der Waals surface area contributed by atoms with Crippen LogP contribution in [0.15, 0.2) is 127 Å². The summed E-state index contributed by atoms with van der Waals surface area (Å²) in [4.78, 5) is 2.60. The molecule has 7 aliphatic carbocycles. The molecule has 4 fully saturated rings. The molecule has 0 heterocycles. The Balaban J connectivity index is 0.997. The number of nitrogens with zero attached hydrogens (tertiary/aromatic N) is 1. The molecule has 288 valence electrons. The third-order valence-corrected chi connectivity index (χ3v) is 18.0. The second-order valence-electron chi connectivity index (χ2n) is 21.7. The van der Waals surface area contributed by atoms with E-state index in [0.29, 0.717) is 5.41 Å². The maximum atomic E-state index is 2.67. The molecule has 6 aromatic rings. The summed E-state index contributed by atoms with van der Waals surface area (Å²) in [6.07, 6.45) is 8.29. The van der Waals surface area contributed by atoms with Gasteiger partial charge in [-0.1, -0.05) is 133 Å².